The molecule has 0 saturated heterocycles. The van der Waals surface area contributed by atoms with Crippen LogP contribution < -0.4 is 10.5 Å². The van der Waals surface area contributed by atoms with Crippen molar-refractivity contribution in [3.8, 4) is 11.6 Å². The summed E-state index contributed by atoms with van der Waals surface area (Å²) < 4.78 is 5.67. The lowest BCUT2D eigenvalue weighted by Crippen LogP contribution is -2.13. The third kappa shape index (κ3) is 2.62. The summed E-state index contributed by atoms with van der Waals surface area (Å²) in [5, 5.41) is 0. The van der Waals surface area contributed by atoms with Crippen molar-refractivity contribution in [2.45, 2.75) is 13.8 Å². The van der Waals surface area contributed by atoms with Crippen LogP contribution in [0.15, 0.2) is 30.6 Å². The number of benzene rings is 1. The molecule has 2 N–H and O–H groups in total. The molecule has 1 aromatic carbocycles. The van der Waals surface area contributed by atoms with Crippen LogP contribution in [-0.2, 0) is 0 Å². The van der Waals surface area contributed by atoms with Crippen LogP contribution in [0.1, 0.15) is 16.8 Å². The molecule has 0 bridgehead atoms. The van der Waals surface area contributed by atoms with Gasteiger partial charge in [0.15, 0.2) is 5.69 Å². The lowest BCUT2D eigenvalue weighted by atomic mass is 10.1. The number of aryl methyl sites for hydroxylation is 2. The van der Waals surface area contributed by atoms with Gasteiger partial charge in [-0.05, 0) is 37.1 Å². The first-order valence-electron chi connectivity index (χ1n) is 5.44. The Kier molecular flexibility index (Phi) is 3.53. The van der Waals surface area contributed by atoms with E-state index in [1.54, 1.807) is 0 Å². The smallest absolute Gasteiger partial charge is 0.248 e. The maximum atomic E-state index is 5.67. The molecule has 0 saturated carbocycles. The van der Waals surface area contributed by atoms with Gasteiger partial charge < -0.3 is 10.5 Å². The van der Waals surface area contributed by atoms with Crippen molar-refractivity contribution in [3.63, 3.8) is 0 Å². The second-order valence-corrected chi connectivity index (χ2v) is 4.36. The molecule has 0 amide bonds. The summed E-state index contributed by atoms with van der Waals surface area (Å²) in [5.74, 6) is 1.02. The Morgan fingerprint density at radius 3 is 2.56 bits per heavy atom. The van der Waals surface area contributed by atoms with Gasteiger partial charge in [-0.2, -0.15) is 0 Å². The van der Waals surface area contributed by atoms with Gasteiger partial charge in [-0.25, -0.2) is 9.97 Å². The Hall–Kier alpha value is -2.01. The van der Waals surface area contributed by atoms with E-state index in [0.29, 0.717) is 17.3 Å². The SMILES string of the molecule is Cc1ccc(Oc2nccnc2C(N)=S)cc1C. The summed E-state index contributed by atoms with van der Waals surface area (Å²) in [5.41, 5.74) is 8.32. The molecule has 1 heterocycles. The first-order chi connectivity index (χ1) is 8.58. The third-order valence-electron chi connectivity index (χ3n) is 2.59. The molecule has 0 aliphatic rings. The van der Waals surface area contributed by atoms with E-state index < -0.39 is 0 Å². The molecular formula is C13H13N3OS. The highest BCUT2D eigenvalue weighted by Gasteiger charge is 2.10. The number of hydrogen-bond donors (Lipinski definition) is 1. The van der Waals surface area contributed by atoms with E-state index in [9.17, 15) is 0 Å². The predicted molar refractivity (Wildman–Crippen MR) is 73.9 cm³/mol. The highest BCUT2D eigenvalue weighted by molar-refractivity contribution is 7.80. The van der Waals surface area contributed by atoms with Crippen molar-refractivity contribution in [1.82, 2.24) is 9.97 Å². The zero-order valence-electron chi connectivity index (χ0n) is 10.2. The molecule has 0 atom stereocenters. The number of thiocarbonyl (C=S) groups is 1. The van der Waals surface area contributed by atoms with Gasteiger partial charge in [0.05, 0.1) is 0 Å². The van der Waals surface area contributed by atoms with Gasteiger partial charge in [0.1, 0.15) is 10.7 Å². The lowest BCUT2D eigenvalue weighted by Gasteiger charge is -2.09. The van der Waals surface area contributed by atoms with Crippen molar-refractivity contribution in [1.29, 1.82) is 0 Å². The minimum Gasteiger partial charge on any atom is -0.437 e. The first-order valence-corrected chi connectivity index (χ1v) is 5.84. The van der Waals surface area contributed by atoms with Crippen LogP contribution in [0.25, 0.3) is 0 Å². The molecular weight excluding hydrogens is 246 g/mol. The van der Waals surface area contributed by atoms with Crippen LogP contribution in [0.2, 0.25) is 0 Å². The van der Waals surface area contributed by atoms with E-state index in [4.69, 9.17) is 22.7 Å². The highest BCUT2D eigenvalue weighted by Crippen LogP contribution is 2.23. The molecule has 0 unspecified atom stereocenters. The molecule has 0 spiro atoms. The number of aromatic nitrogens is 2. The zero-order valence-corrected chi connectivity index (χ0v) is 11.0. The van der Waals surface area contributed by atoms with Crippen molar-refractivity contribution in [2.75, 3.05) is 0 Å². The maximum Gasteiger partial charge on any atom is 0.248 e. The molecule has 18 heavy (non-hydrogen) atoms. The Morgan fingerprint density at radius 1 is 1.17 bits per heavy atom. The molecule has 5 heteroatoms. The Labute approximate surface area is 111 Å². The Morgan fingerprint density at radius 2 is 1.89 bits per heavy atom. The standard InChI is InChI=1S/C13H13N3OS/c1-8-3-4-10(7-9(8)2)17-13-11(12(14)18)15-5-6-16-13/h3-7H,1-2H3,(H2,14,18). The summed E-state index contributed by atoms with van der Waals surface area (Å²) in [4.78, 5) is 8.32. The van der Waals surface area contributed by atoms with E-state index in [0.717, 1.165) is 5.56 Å². The summed E-state index contributed by atoms with van der Waals surface area (Å²) in [7, 11) is 0. The van der Waals surface area contributed by atoms with E-state index in [1.807, 2.05) is 32.0 Å². The van der Waals surface area contributed by atoms with Gasteiger partial charge in [0.2, 0.25) is 5.88 Å². The first kappa shape index (κ1) is 12.4. The predicted octanol–water partition coefficient (Wildman–Crippen LogP) is 2.52. The van der Waals surface area contributed by atoms with Gasteiger partial charge in [0, 0.05) is 12.4 Å². The summed E-state index contributed by atoms with van der Waals surface area (Å²) in [6.45, 7) is 4.06. The topological polar surface area (TPSA) is 61.0 Å². The highest BCUT2D eigenvalue weighted by atomic mass is 32.1. The Bertz CT molecular complexity index is 599. The quantitative estimate of drug-likeness (QED) is 0.858. The van der Waals surface area contributed by atoms with Gasteiger partial charge in [0.25, 0.3) is 0 Å². The normalized spacial score (nSPS) is 10.1. The average Bonchev–Trinajstić information content (AvgIpc) is 2.34. The lowest BCUT2D eigenvalue weighted by molar-refractivity contribution is 0.458. The van der Waals surface area contributed by atoms with Crippen LogP contribution in [-0.4, -0.2) is 15.0 Å². The molecule has 2 aromatic rings. The molecule has 0 fully saturated rings. The van der Waals surface area contributed by atoms with Crippen molar-refractivity contribution in [3.05, 3.63) is 47.4 Å². The van der Waals surface area contributed by atoms with Gasteiger partial charge >= 0.3 is 0 Å². The van der Waals surface area contributed by atoms with Gasteiger partial charge in [-0.1, -0.05) is 18.3 Å². The largest absolute Gasteiger partial charge is 0.437 e. The zero-order chi connectivity index (χ0) is 13.1. The molecule has 1 aromatic heterocycles. The minimum absolute atomic E-state index is 0.168. The van der Waals surface area contributed by atoms with Crippen molar-refractivity contribution >= 4 is 17.2 Å². The van der Waals surface area contributed by atoms with Crippen LogP contribution >= 0.6 is 12.2 Å². The van der Waals surface area contributed by atoms with E-state index >= 15 is 0 Å². The number of nitrogens with zero attached hydrogens (tertiary/aromatic N) is 2. The number of ether oxygens (including phenoxy) is 1. The van der Waals surface area contributed by atoms with E-state index in [2.05, 4.69) is 9.97 Å². The fourth-order valence-corrected chi connectivity index (χ4v) is 1.60. The summed E-state index contributed by atoms with van der Waals surface area (Å²) >= 11 is 4.91. The van der Waals surface area contributed by atoms with Crippen LogP contribution in [0.5, 0.6) is 11.6 Å². The maximum absolute atomic E-state index is 5.67. The fourth-order valence-electron chi connectivity index (χ4n) is 1.46. The second-order valence-electron chi connectivity index (χ2n) is 3.92. The van der Waals surface area contributed by atoms with Crippen LogP contribution in [0.4, 0.5) is 0 Å². The number of nitrogens with two attached hydrogens (primary N) is 1. The third-order valence-corrected chi connectivity index (χ3v) is 2.78. The molecule has 4 nitrogen and oxygen atoms in total. The van der Waals surface area contributed by atoms with Crippen molar-refractivity contribution < 1.29 is 4.74 Å². The minimum atomic E-state index is 0.168. The number of rotatable bonds is 3. The van der Waals surface area contributed by atoms with E-state index in [1.165, 1.54) is 18.0 Å². The summed E-state index contributed by atoms with van der Waals surface area (Å²) in [6, 6.07) is 5.80. The molecule has 0 radical (unpaired) electrons. The van der Waals surface area contributed by atoms with Crippen LogP contribution in [0.3, 0.4) is 0 Å². The van der Waals surface area contributed by atoms with Gasteiger partial charge in [-0.15, -0.1) is 0 Å². The van der Waals surface area contributed by atoms with Gasteiger partial charge in [-0.3, -0.25) is 0 Å². The monoisotopic (exact) mass is 259 g/mol. The molecule has 2 rings (SSSR count). The molecule has 0 aliphatic heterocycles. The number of hydrogen-bond acceptors (Lipinski definition) is 4. The van der Waals surface area contributed by atoms with Crippen molar-refractivity contribution in [2.24, 2.45) is 5.73 Å². The summed E-state index contributed by atoms with van der Waals surface area (Å²) in [6.07, 6.45) is 3.07. The van der Waals surface area contributed by atoms with Crippen LogP contribution in [0, 0.1) is 13.8 Å². The Balaban J connectivity index is 2.34. The second kappa shape index (κ2) is 5.10. The average molecular weight is 259 g/mol. The van der Waals surface area contributed by atoms with E-state index in [-0.39, 0.29) is 4.99 Å². The fraction of sp³-hybridized carbons (Fsp3) is 0.154. The molecule has 92 valence electrons. The molecule has 0 aliphatic carbocycles.